The molecule has 0 aromatic heterocycles. The van der Waals surface area contributed by atoms with Crippen molar-refractivity contribution < 1.29 is 21.6 Å². The summed E-state index contributed by atoms with van der Waals surface area (Å²) in [5.74, 6) is 0. The summed E-state index contributed by atoms with van der Waals surface area (Å²) >= 11 is 0. The minimum atomic E-state index is -4.38. The van der Waals surface area contributed by atoms with Crippen molar-refractivity contribution in [2.45, 2.75) is 49.7 Å². The Hall–Kier alpha value is -1.12. The molecule has 140 valence electrons. The van der Waals surface area contributed by atoms with Gasteiger partial charge in [0.25, 0.3) is 0 Å². The Bertz CT molecular complexity index is 717. The van der Waals surface area contributed by atoms with Gasteiger partial charge in [-0.3, -0.25) is 4.90 Å². The molecule has 1 unspecified atom stereocenters. The molecule has 0 N–H and O–H groups in total. The van der Waals surface area contributed by atoms with Crippen molar-refractivity contribution in [1.82, 2.24) is 9.21 Å². The molecule has 1 aliphatic heterocycles. The minimum Gasteiger partial charge on any atom is -0.297 e. The molecule has 1 aromatic rings. The standard InChI is InChI=1S/C17H23F3N2O2S/c1-21(25(23,24)15-8-9-15)14-6-4-10-22(12-14)11-13-5-2-3-7-16(13)17(18,19)20/h2-3,5,7,14-15H,4,6,8-12H2,1H3. The average molecular weight is 376 g/mol. The number of likely N-dealkylation sites (N-methyl/N-ethyl adjacent to an activating group) is 1. The monoisotopic (exact) mass is 376 g/mol. The Labute approximate surface area is 146 Å². The summed E-state index contributed by atoms with van der Waals surface area (Å²) in [7, 11) is -1.66. The zero-order valence-corrected chi connectivity index (χ0v) is 15.0. The second-order valence-electron chi connectivity index (χ2n) is 6.95. The molecule has 1 heterocycles. The van der Waals surface area contributed by atoms with Crippen LogP contribution < -0.4 is 0 Å². The van der Waals surface area contributed by atoms with Crippen molar-refractivity contribution in [3.05, 3.63) is 35.4 Å². The largest absolute Gasteiger partial charge is 0.416 e. The van der Waals surface area contributed by atoms with Gasteiger partial charge in [0.05, 0.1) is 10.8 Å². The molecular weight excluding hydrogens is 353 g/mol. The highest BCUT2D eigenvalue weighted by molar-refractivity contribution is 7.90. The van der Waals surface area contributed by atoms with E-state index in [0.29, 0.717) is 25.9 Å². The van der Waals surface area contributed by atoms with E-state index in [9.17, 15) is 21.6 Å². The van der Waals surface area contributed by atoms with Crippen LogP contribution in [0.4, 0.5) is 13.2 Å². The van der Waals surface area contributed by atoms with Crippen LogP contribution in [0, 0.1) is 0 Å². The molecule has 4 nitrogen and oxygen atoms in total. The van der Waals surface area contributed by atoms with Gasteiger partial charge in [0.1, 0.15) is 0 Å². The molecule has 0 amide bonds. The van der Waals surface area contributed by atoms with E-state index in [0.717, 1.165) is 18.9 Å². The fraction of sp³-hybridized carbons (Fsp3) is 0.647. The zero-order chi connectivity index (χ0) is 18.2. The maximum Gasteiger partial charge on any atom is 0.416 e. The second kappa shape index (κ2) is 6.89. The van der Waals surface area contributed by atoms with Gasteiger partial charge in [-0.05, 0) is 43.9 Å². The maximum atomic E-state index is 13.2. The van der Waals surface area contributed by atoms with Crippen molar-refractivity contribution in [2.75, 3.05) is 20.1 Å². The lowest BCUT2D eigenvalue weighted by Crippen LogP contribution is -2.49. The number of benzene rings is 1. The van der Waals surface area contributed by atoms with Crippen molar-refractivity contribution >= 4 is 10.0 Å². The third-order valence-electron chi connectivity index (χ3n) is 5.06. The van der Waals surface area contributed by atoms with Gasteiger partial charge >= 0.3 is 6.18 Å². The van der Waals surface area contributed by atoms with Crippen LogP contribution in [0.25, 0.3) is 0 Å². The summed E-state index contributed by atoms with van der Waals surface area (Å²) in [5, 5.41) is -0.265. The molecule has 1 atom stereocenters. The first kappa shape index (κ1) is 18.7. The average Bonchev–Trinajstić information content (AvgIpc) is 3.39. The molecule has 1 aliphatic carbocycles. The molecule has 1 saturated carbocycles. The first-order chi connectivity index (χ1) is 11.7. The normalized spacial score (nSPS) is 23.2. The third-order valence-corrected chi connectivity index (χ3v) is 7.47. The SMILES string of the molecule is CN(C1CCCN(Cc2ccccc2C(F)(F)F)C1)S(=O)(=O)C1CC1. The predicted molar refractivity (Wildman–Crippen MR) is 89.4 cm³/mol. The highest BCUT2D eigenvalue weighted by Crippen LogP contribution is 2.34. The van der Waals surface area contributed by atoms with Crippen LogP contribution in [0.5, 0.6) is 0 Å². The number of hydrogen-bond acceptors (Lipinski definition) is 3. The molecule has 0 spiro atoms. The van der Waals surface area contributed by atoms with Crippen molar-refractivity contribution in [3.63, 3.8) is 0 Å². The lowest BCUT2D eigenvalue weighted by atomic mass is 10.0. The number of hydrogen-bond donors (Lipinski definition) is 0. The Morgan fingerprint density at radius 3 is 2.52 bits per heavy atom. The first-order valence-corrected chi connectivity index (χ1v) is 10.0. The van der Waals surface area contributed by atoms with Crippen LogP contribution in [0.15, 0.2) is 24.3 Å². The Balaban J connectivity index is 1.71. The van der Waals surface area contributed by atoms with E-state index in [1.54, 1.807) is 13.1 Å². The summed E-state index contributed by atoms with van der Waals surface area (Å²) in [6.45, 7) is 1.33. The maximum absolute atomic E-state index is 13.2. The van der Waals surface area contributed by atoms with Crippen LogP contribution in [-0.2, 0) is 22.7 Å². The second-order valence-corrected chi connectivity index (χ2v) is 9.22. The number of sulfonamides is 1. The van der Waals surface area contributed by atoms with Gasteiger partial charge in [0, 0.05) is 26.2 Å². The summed E-state index contributed by atoms with van der Waals surface area (Å²) < 4.78 is 65.7. The van der Waals surface area contributed by atoms with Crippen molar-refractivity contribution in [3.8, 4) is 0 Å². The summed E-state index contributed by atoms with van der Waals surface area (Å²) in [5.41, 5.74) is -0.376. The van der Waals surface area contributed by atoms with E-state index >= 15 is 0 Å². The molecule has 0 bridgehead atoms. The molecule has 2 fully saturated rings. The van der Waals surface area contributed by atoms with E-state index in [1.165, 1.54) is 16.4 Å². The Morgan fingerprint density at radius 1 is 1.20 bits per heavy atom. The number of rotatable bonds is 5. The summed E-state index contributed by atoms with van der Waals surface area (Å²) in [4.78, 5) is 1.93. The van der Waals surface area contributed by atoms with Gasteiger partial charge < -0.3 is 0 Å². The molecule has 0 radical (unpaired) electrons. The van der Waals surface area contributed by atoms with Crippen molar-refractivity contribution in [1.29, 1.82) is 0 Å². The predicted octanol–water partition coefficient (Wildman–Crippen LogP) is 3.09. The molecule has 3 rings (SSSR count). The lowest BCUT2D eigenvalue weighted by Gasteiger charge is -2.37. The Kier molecular flexibility index (Phi) is 5.14. The van der Waals surface area contributed by atoms with E-state index in [-0.39, 0.29) is 23.4 Å². The van der Waals surface area contributed by atoms with E-state index in [1.807, 2.05) is 4.90 Å². The van der Waals surface area contributed by atoms with Crippen LogP contribution in [0.3, 0.4) is 0 Å². The van der Waals surface area contributed by atoms with Gasteiger partial charge in [-0.1, -0.05) is 18.2 Å². The quantitative estimate of drug-likeness (QED) is 0.793. The van der Waals surface area contributed by atoms with Crippen LogP contribution >= 0.6 is 0 Å². The molecular formula is C17H23F3N2O2S. The number of nitrogens with zero attached hydrogens (tertiary/aromatic N) is 2. The fourth-order valence-electron chi connectivity index (χ4n) is 3.46. The molecule has 2 aliphatic rings. The smallest absolute Gasteiger partial charge is 0.297 e. The molecule has 1 aromatic carbocycles. The highest BCUT2D eigenvalue weighted by Gasteiger charge is 2.42. The van der Waals surface area contributed by atoms with E-state index in [2.05, 4.69) is 0 Å². The van der Waals surface area contributed by atoms with Gasteiger partial charge in [-0.15, -0.1) is 0 Å². The summed E-state index contributed by atoms with van der Waals surface area (Å²) in [6.07, 6.45) is -1.43. The fourth-order valence-corrected chi connectivity index (χ4v) is 5.25. The molecule has 1 saturated heterocycles. The van der Waals surface area contributed by atoms with E-state index in [4.69, 9.17) is 0 Å². The topological polar surface area (TPSA) is 40.6 Å². The molecule has 8 heteroatoms. The van der Waals surface area contributed by atoms with Crippen LogP contribution in [0.2, 0.25) is 0 Å². The minimum absolute atomic E-state index is 0.169. The first-order valence-electron chi connectivity index (χ1n) is 8.54. The van der Waals surface area contributed by atoms with Crippen LogP contribution in [-0.4, -0.2) is 49.1 Å². The molecule has 25 heavy (non-hydrogen) atoms. The highest BCUT2D eigenvalue weighted by atomic mass is 32.2. The van der Waals surface area contributed by atoms with Crippen molar-refractivity contribution in [2.24, 2.45) is 0 Å². The third kappa shape index (κ3) is 4.17. The number of alkyl halides is 3. The van der Waals surface area contributed by atoms with Gasteiger partial charge in [0.15, 0.2) is 0 Å². The zero-order valence-electron chi connectivity index (χ0n) is 14.2. The van der Waals surface area contributed by atoms with Gasteiger partial charge in [-0.2, -0.15) is 13.2 Å². The van der Waals surface area contributed by atoms with Gasteiger partial charge in [-0.25, -0.2) is 12.7 Å². The summed E-state index contributed by atoms with van der Waals surface area (Å²) in [6, 6.07) is 5.42. The number of halogens is 3. The number of piperidine rings is 1. The number of likely N-dealkylation sites (tertiary alicyclic amines) is 1. The van der Waals surface area contributed by atoms with E-state index < -0.39 is 21.8 Å². The Morgan fingerprint density at radius 2 is 1.88 bits per heavy atom. The lowest BCUT2D eigenvalue weighted by molar-refractivity contribution is -0.138. The van der Waals surface area contributed by atoms with Gasteiger partial charge in [0.2, 0.25) is 10.0 Å². The van der Waals surface area contributed by atoms with Crippen LogP contribution in [0.1, 0.15) is 36.8 Å².